The van der Waals surface area contributed by atoms with Crippen molar-refractivity contribution in [3.05, 3.63) is 70.7 Å². The summed E-state index contributed by atoms with van der Waals surface area (Å²) in [7, 11) is 0. The van der Waals surface area contributed by atoms with E-state index >= 15 is 0 Å². The maximum absolute atomic E-state index is 12.8. The van der Waals surface area contributed by atoms with Crippen LogP contribution in [0.4, 0.5) is 5.13 Å². The Hall–Kier alpha value is -3.39. The van der Waals surface area contributed by atoms with Gasteiger partial charge in [0, 0.05) is 24.0 Å². The molecule has 0 radical (unpaired) electrons. The maximum Gasteiger partial charge on any atom is 0.261 e. The van der Waals surface area contributed by atoms with Crippen molar-refractivity contribution in [3.8, 4) is 11.4 Å². The second kappa shape index (κ2) is 9.00. The molecule has 8 heteroatoms. The fourth-order valence-electron chi connectivity index (χ4n) is 4.29. The van der Waals surface area contributed by atoms with E-state index in [0.29, 0.717) is 23.0 Å². The molecule has 0 bridgehead atoms. The largest absolute Gasteiger partial charge is 0.302 e. The van der Waals surface area contributed by atoms with E-state index < -0.39 is 0 Å². The lowest BCUT2D eigenvalue weighted by molar-refractivity contribution is -0.121. The van der Waals surface area contributed by atoms with Crippen LogP contribution in [0.3, 0.4) is 0 Å². The summed E-state index contributed by atoms with van der Waals surface area (Å²) in [5, 5.41) is 6.13. The van der Waals surface area contributed by atoms with Crippen LogP contribution in [0, 0.1) is 11.8 Å². The van der Waals surface area contributed by atoms with E-state index in [1.54, 1.807) is 17.1 Å². The number of rotatable bonds is 5. The summed E-state index contributed by atoms with van der Waals surface area (Å²) in [6.45, 7) is 0.644. The molecule has 0 spiro atoms. The molecule has 3 aromatic heterocycles. The lowest BCUT2D eigenvalue weighted by atomic mass is 9.81. The van der Waals surface area contributed by atoms with Gasteiger partial charge in [-0.1, -0.05) is 18.2 Å². The smallest absolute Gasteiger partial charge is 0.261 e. The summed E-state index contributed by atoms with van der Waals surface area (Å²) in [4.78, 5) is 38.7. The van der Waals surface area contributed by atoms with Gasteiger partial charge in [-0.05, 0) is 55.9 Å². The molecule has 1 aliphatic rings. The second-order valence-electron chi connectivity index (χ2n) is 8.18. The number of aromatic nitrogens is 4. The van der Waals surface area contributed by atoms with Crippen molar-refractivity contribution in [1.29, 1.82) is 0 Å². The van der Waals surface area contributed by atoms with Crippen LogP contribution in [0.15, 0.2) is 65.2 Å². The first kappa shape index (κ1) is 20.5. The third-order valence-corrected chi connectivity index (χ3v) is 6.82. The van der Waals surface area contributed by atoms with Crippen LogP contribution >= 0.6 is 11.3 Å². The van der Waals surface area contributed by atoms with Crippen LogP contribution in [0.5, 0.6) is 0 Å². The Balaban J connectivity index is 1.17. The summed E-state index contributed by atoms with van der Waals surface area (Å²) in [6.07, 6.45) is 6.82. The Morgan fingerprint density at radius 3 is 2.66 bits per heavy atom. The van der Waals surface area contributed by atoms with E-state index in [9.17, 15) is 9.59 Å². The first-order valence-corrected chi connectivity index (χ1v) is 11.7. The Labute approximate surface area is 189 Å². The number of benzene rings is 1. The second-order valence-corrected chi connectivity index (χ2v) is 9.04. The number of nitrogens with one attached hydrogen (secondary N) is 1. The summed E-state index contributed by atoms with van der Waals surface area (Å²) < 4.78 is 1.71. The number of pyridine rings is 1. The zero-order chi connectivity index (χ0) is 21.9. The molecule has 0 atom stereocenters. The molecule has 162 valence electrons. The van der Waals surface area contributed by atoms with Crippen LogP contribution in [-0.2, 0) is 11.3 Å². The molecule has 1 aromatic carbocycles. The van der Waals surface area contributed by atoms with E-state index in [-0.39, 0.29) is 17.4 Å². The van der Waals surface area contributed by atoms with E-state index in [4.69, 9.17) is 0 Å². The molecule has 32 heavy (non-hydrogen) atoms. The van der Waals surface area contributed by atoms with E-state index in [2.05, 4.69) is 20.3 Å². The van der Waals surface area contributed by atoms with Gasteiger partial charge in [0.15, 0.2) is 5.13 Å². The van der Waals surface area contributed by atoms with Crippen molar-refractivity contribution in [1.82, 2.24) is 19.5 Å². The Bertz CT molecular complexity index is 1290. The minimum Gasteiger partial charge on any atom is -0.302 e. The van der Waals surface area contributed by atoms with Crippen molar-refractivity contribution >= 4 is 33.3 Å². The molecule has 1 fully saturated rings. The first-order chi connectivity index (χ1) is 15.7. The lowest BCUT2D eigenvalue weighted by Gasteiger charge is -2.27. The van der Waals surface area contributed by atoms with Gasteiger partial charge in [0.25, 0.3) is 5.56 Å². The number of nitrogens with zero attached hydrogens (tertiary/aromatic N) is 4. The predicted octanol–water partition coefficient (Wildman–Crippen LogP) is 4.36. The number of anilines is 1. The van der Waals surface area contributed by atoms with Gasteiger partial charge in [0.2, 0.25) is 5.91 Å². The van der Waals surface area contributed by atoms with Crippen molar-refractivity contribution in [2.45, 2.75) is 32.2 Å². The molecule has 0 aliphatic heterocycles. The zero-order valence-corrected chi connectivity index (χ0v) is 18.3. The Morgan fingerprint density at radius 1 is 1.03 bits per heavy atom. The summed E-state index contributed by atoms with van der Waals surface area (Å²) in [5.74, 6) is 0.366. The number of hydrogen-bond donors (Lipinski definition) is 1. The van der Waals surface area contributed by atoms with Gasteiger partial charge in [-0.25, -0.2) is 9.97 Å². The summed E-state index contributed by atoms with van der Waals surface area (Å²) >= 11 is 1.41. The molecule has 0 unspecified atom stereocenters. The van der Waals surface area contributed by atoms with Crippen molar-refractivity contribution in [3.63, 3.8) is 0 Å². The number of amides is 1. The number of carbonyl (C=O) groups excluding carboxylic acids is 1. The molecule has 0 saturated heterocycles. The average molecular weight is 446 g/mol. The molecule has 5 rings (SSSR count). The van der Waals surface area contributed by atoms with Gasteiger partial charge in [0.05, 0.1) is 22.9 Å². The molecule has 1 aliphatic carbocycles. The third-order valence-electron chi connectivity index (χ3n) is 6.07. The minimum atomic E-state index is -0.0279. The van der Waals surface area contributed by atoms with Gasteiger partial charge >= 0.3 is 0 Å². The molecular formula is C24H23N5O2S. The fourth-order valence-corrected chi connectivity index (χ4v) is 5.00. The first-order valence-electron chi connectivity index (χ1n) is 10.8. The van der Waals surface area contributed by atoms with Crippen molar-refractivity contribution in [2.24, 2.45) is 11.8 Å². The normalized spacial score (nSPS) is 18.5. The van der Waals surface area contributed by atoms with Crippen LogP contribution in [0.2, 0.25) is 0 Å². The topological polar surface area (TPSA) is 89.8 Å². The number of hydrogen-bond acceptors (Lipinski definition) is 6. The summed E-state index contributed by atoms with van der Waals surface area (Å²) in [6, 6.07) is 13.1. The zero-order valence-electron chi connectivity index (χ0n) is 17.5. The Morgan fingerprint density at radius 2 is 1.84 bits per heavy atom. The SMILES string of the molecule is O=C(Nc1nc(-c2ccccn2)cs1)C1CCC(Cn2cnc3ccccc3c2=O)CC1. The van der Waals surface area contributed by atoms with Crippen LogP contribution < -0.4 is 10.9 Å². The van der Waals surface area contributed by atoms with Crippen molar-refractivity contribution < 1.29 is 4.79 Å². The highest BCUT2D eigenvalue weighted by molar-refractivity contribution is 7.14. The molecule has 4 aromatic rings. The monoisotopic (exact) mass is 445 g/mol. The Kier molecular flexibility index (Phi) is 5.77. The maximum atomic E-state index is 12.8. The van der Waals surface area contributed by atoms with E-state index in [1.807, 2.05) is 47.8 Å². The highest BCUT2D eigenvalue weighted by atomic mass is 32.1. The van der Waals surface area contributed by atoms with E-state index in [0.717, 1.165) is 42.6 Å². The lowest BCUT2D eigenvalue weighted by Crippen LogP contribution is -2.30. The van der Waals surface area contributed by atoms with Gasteiger partial charge < -0.3 is 5.32 Å². The molecule has 3 heterocycles. The third kappa shape index (κ3) is 4.31. The number of para-hydroxylation sites is 1. The number of thiazole rings is 1. The van der Waals surface area contributed by atoms with E-state index in [1.165, 1.54) is 11.3 Å². The average Bonchev–Trinajstić information content (AvgIpc) is 3.30. The molecule has 7 nitrogen and oxygen atoms in total. The van der Waals surface area contributed by atoms with Gasteiger partial charge in [0.1, 0.15) is 5.69 Å². The fraction of sp³-hybridized carbons (Fsp3) is 0.292. The predicted molar refractivity (Wildman–Crippen MR) is 125 cm³/mol. The molecular weight excluding hydrogens is 422 g/mol. The van der Waals surface area contributed by atoms with Gasteiger partial charge in [-0.15, -0.1) is 11.3 Å². The quantitative estimate of drug-likeness (QED) is 0.493. The standard InChI is InChI=1S/C24H23N5O2S/c30-22(28-24-27-21(14-32-24)20-7-3-4-12-25-20)17-10-8-16(9-11-17)13-29-15-26-19-6-2-1-5-18(19)23(29)31/h1-7,12,14-17H,8-11,13H2,(H,27,28,30). The van der Waals surface area contributed by atoms with Crippen LogP contribution in [0.25, 0.3) is 22.3 Å². The number of carbonyl (C=O) groups is 1. The van der Waals surface area contributed by atoms with Crippen molar-refractivity contribution in [2.75, 3.05) is 5.32 Å². The molecule has 1 saturated carbocycles. The highest BCUT2D eigenvalue weighted by Crippen LogP contribution is 2.31. The van der Waals surface area contributed by atoms with Gasteiger partial charge in [-0.3, -0.25) is 19.1 Å². The highest BCUT2D eigenvalue weighted by Gasteiger charge is 2.27. The molecule has 1 amide bonds. The van der Waals surface area contributed by atoms with Crippen LogP contribution in [0.1, 0.15) is 25.7 Å². The minimum absolute atomic E-state index is 0.00273. The number of fused-ring (bicyclic) bond motifs is 1. The summed E-state index contributed by atoms with van der Waals surface area (Å²) in [5.41, 5.74) is 2.29. The molecule has 1 N–H and O–H groups in total. The van der Waals surface area contributed by atoms with Gasteiger partial charge in [-0.2, -0.15) is 0 Å². The van der Waals surface area contributed by atoms with Crippen LogP contribution in [-0.4, -0.2) is 25.4 Å².